The molecule has 0 unspecified atom stereocenters. The highest BCUT2D eigenvalue weighted by Crippen LogP contribution is 2.14. The molecule has 0 saturated heterocycles. The Morgan fingerprint density at radius 2 is 1.92 bits per heavy atom. The van der Waals surface area contributed by atoms with E-state index < -0.39 is 10.0 Å². The molecule has 7 heteroatoms. The Morgan fingerprint density at radius 3 is 2.56 bits per heavy atom. The first-order valence-corrected chi connectivity index (χ1v) is 8.91. The molecule has 2 aromatic rings. The summed E-state index contributed by atoms with van der Waals surface area (Å²) in [7, 11) is -2.14. The third-order valence-corrected chi connectivity index (χ3v) is 4.79. The normalized spacial score (nSPS) is 10.9. The minimum absolute atomic E-state index is 0.0782. The van der Waals surface area contributed by atoms with E-state index in [0.717, 1.165) is 0 Å². The van der Waals surface area contributed by atoms with E-state index in [1.807, 2.05) is 0 Å². The third-order valence-electron chi connectivity index (χ3n) is 3.31. The summed E-state index contributed by atoms with van der Waals surface area (Å²) < 4.78 is 31.3. The highest BCUT2D eigenvalue weighted by molar-refractivity contribution is 7.89. The Balaban J connectivity index is 2.08. The first kappa shape index (κ1) is 18.7. The van der Waals surface area contributed by atoms with Gasteiger partial charge in [-0.25, -0.2) is 13.1 Å². The van der Waals surface area contributed by atoms with E-state index in [9.17, 15) is 13.2 Å². The maximum Gasteiger partial charge on any atom is 0.255 e. The summed E-state index contributed by atoms with van der Waals surface area (Å²) in [5.74, 6) is 2.14. The second kappa shape index (κ2) is 8.44. The molecule has 2 N–H and O–H groups in total. The van der Waals surface area contributed by atoms with Gasteiger partial charge in [0.25, 0.3) is 5.91 Å². The molecule has 0 bridgehead atoms. The maximum absolute atomic E-state index is 12.2. The fourth-order valence-corrected chi connectivity index (χ4v) is 3.05. The molecule has 0 radical (unpaired) electrons. The summed E-state index contributed by atoms with van der Waals surface area (Å²) in [6, 6.07) is 12.5. The molecule has 0 aliphatic heterocycles. The minimum atomic E-state index is -3.63. The van der Waals surface area contributed by atoms with E-state index in [4.69, 9.17) is 11.2 Å². The highest BCUT2D eigenvalue weighted by Gasteiger charge is 2.14. The second-order valence-corrected chi connectivity index (χ2v) is 6.86. The van der Waals surface area contributed by atoms with Crippen molar-refractivity contribution < 1.29 is 17.9 Å². The van der Waals surface area contributed by atoms with Crippen LogP contribution in [0.1, 0.15) is 15.9 Å². The van der Waals surface area contributed by atoms with Gasteiger partial charge in [0, 0.05) is 30.5 Å². The van der Waals surface area contributed by atoms with Crippen LogP contribution in [0.3, 0.4) is 0 Å². The zero-order chi connectivity index (χ0) is 18.3. The summed E-state index contributed by atoms with van der Waals surface area (Å²) in [4.78, 5) is 12.3. The lowest BCUT2D eigenvalue weighted by atomic mass is 10.2. The number of sulfonamides is 1. The van der Waals surface area contributed by atoms with Crippen LogP contribution in [0.5, 0.6) is 0 Å². The largest absolute Gasteiger partial charge is 0.383 e. The van der Waals surface area contributed by atoms with Gasteiger partial charge in [0.1, 0.15) is 0 Å². The molecular weight excluding hydrogens is 340 g/mol. The average molecular weight is 358 g/mol. The molecule has 0 heterocycles. The van der Waals surface area contributed by atoms with Gasteiger partial charge in [0.05, 0.1) is 11.5 Å². The molecule has 1 amide bonds. The number of terminal acetylenes is 1. The molecule has 0 aliphatic carbocycles. The molecule has 6 nitrogen and oxygen atoms in total. The Labute approximate surface area is 147 Å². The van der Waals surface area contributed by atoms with E-state index in [-0.39, 0.29) is 24.0 Å². The molecular formula is C18H18N2O4S. The van der Waals surface area contributed by atoms with Crippen molar-refractivity contribution in [3.05, 3.63) is 59.7 Å². The lowest BCUT2D eigenvalue weighted by molar-refractivity contribution is 0.102. The Bertz CT molecular complexity index is 884. The number of carbonyl (C=O) groups is 1. The Morgan fingerprint density at radius 1 is 1.20 bits per heavy atom. The van der Waals surface area contributed by atoms with Crippen molar-refractivity contribution in [3.8, 4) is 12.3 Å². The number of hydrogen-bond acceptors (Lipinski definition) is 4. The van der Waals surface area contributed by atoms with E-state index in [2.05, 4.69) is 16.0 Å². The number of carbonyl (C=O) groups excluding carboxylic acids is 1. The molecule has 0 aliphatic rings. The molecule has 25 heavy (non-hydrogen) atoms. The van der Waals surface area contributed by atoms with E-state index in [1.54, 1.807) is 24.3 Å². The quantitative estimate of drug-likeness (QED) is 0.584. The van der Waals surface area contributed by atoms with Crippen molar-refractivity contribution in [2.45, 2.75) is 4.90 Å². The molecule has 0 fully saturated rings. The summed E-state index contributed by atoms with van der Waals surface area (Å²) in [6.45, 7) is 0.447. The van der Waals surface area contributed by atoms with E-state index in [0.29, 0.717) is 16.8 Å². The number of anilines is 1. The van der Waals surface area contributed by atoms with Crippen LogP contribution in [0.2, 0.25) is 0 Å². The minimum Gasteiger partial charge on any atom is -0.383 e. The van der Waals surface area contributed by atoms with Crippen LogP contribution in [0.4, 0.5) is 5.69 Å². The van der Waals surface area contributed by atoms with E-state index >= 15 is 0 Å². The van der Waals surface area contributed by atoms with Crippen LogP contribution < -0.4 is 10.0 Å². The third kappa shape index (κ3) is 5.16. The van der Waals surface area contributed by atoms with Crippen molar-refractivity contribution in [1.82, 2.24) is 4.72 Å². The van der Waals surface area contributed by atoms with Crippen molar-refractivity contribution in [2.24, 2.45) is 0 Å². The van der Waals surface area contributed by atoms with Crippen LogP contribution in [-0.2, 0) is 14.8 Å². The fraction of sp³-hybridized carbons (Fsp3) is 0.167. The monoisotopic (exact) mass is 358 g/mol. The van der Waals surface area contributed by atoms with Crippen molar-refractivity contribution in [2.75, 3.05) is 25.6 Å². The first-order valence-electron chi connectivity index (χ1n) is 7.43. The standard InChI is InChI=1S/C18H18N2O4S/c1-3-14-5-4-6-16(13-14)20-18(21)15-7-9-17(10-8-15)25(22,23)19-11-12-24-2/h1,4-10,13,19H,11-12H2,2H3,(H,20,21). The number of methoxy groups -OCH3 is 1. The predicted molar refractivity (Wildman–Crippen MR) is 95.8 cm³/mol. The zero-order valence-electron chi connectivity index (χ0n) is 13.7. The van der Waals surface area contributed by atoms with Crippen molar-refractivity contribution >= 4 is 21.6 Å². The summed E-state index contributed by atoms with van der Waals surface area (Å²) >= 11 is 0. The number of amides is 1. The van der Waals surface area contributed by atoms with Gasteiger partial charge in [-0.2, -0.15) is 0 Å². The molecule has 0 saturated carbocycles. The fourth-order valence-electron chi connectivity index (χ4n) is 2.04. The number of rotatable bonds is 7. The lowest BCUT2D eigenvalue weighted by Gasteiger charge is -2.08. The summed E-state index contributed by atoms with van der Waals surface area (Å²) in [5, 5.41) is 2.72. The van der Waals surface area contributed by atoms with Gasteiger partial charge < -0.3 is 10.1 Å². The molecule has 0 atom stereocenters. The van der Waals surface area contributed by atoms with Gasteiger partial charge in [-0.1, -0.05) is 12.0 Å². The van der Waals surface area contributed by atoms with Crippen LogP contribution >= 0.6 is 0 Å². The van der Waals surface area contributed by atoms with E-state index in [1.165, 1.54) is 31.4 Å². The molecule has 0 spiro atoms. The summed E-state index contributed by atoms with van der Waals surface area (Å²) in [5.41, 5.74) is 1.56. The number of ether oxygens (including phenoxy) is 1. The SMILES string of the molecule is C#Cc1cccc(NC(=O)c2ccc(S(=O)(=O)NCCOC)cc2)c1. The maximum atomic E-state index is 12.2. The predicted octanol–water partition coefficient (Wildman–Crippen LogP) is 1.84. The molecule has 130 valence electrons. The first-order chi connectivity index (χ1) is 12.0. The second-order valence-electron chi connectivity index (χ2n) is 5.09. The summed E-state index contributed by atoms with van der Waals surface area (Å²) in [6.07, 6.45) is 5.33. The number of hydrogen-bond donors (Lipinski definition) is 2. The molecule has 0 aromatic heterocycles. The van der Waals surface area contributed by atoms with Gasteiger partial charge >= 0.3 is 0 Å². The number of benzene rings is 2. The van der Waals surface area contributed by atoms with Gasteiger partial charge in [0.2, 0.25) is 10.0 Å². The van der Waals surface area contributed by atoms with Crippen LogP contribution in [0, 0.1) is 12.3 Å². The lowest BCUT2D eigenvalue weighted by Crippen LogP contribution is -2.27. The molecule has 2 aromatic carbocycles. The zero-order valence-corrected chi connectivity index (χ0v) is 14.5. The highest BCUT2D eigenvalue weighted by atomic mass is 32.2. The van der Waals surface area contributed by atoms with Gasteiger partial charge in [-0.05, 0) is 42.5 Å². The van der Waals surface area contributed by atoms with Gasteiger partial charge in [0.15, 0.2) is 0 Å². The van der Waals surface area contributed by atoms with Gasteiger partial charge in [-0.15, -0.1) is 6.42 Å². The van der Waals surface area contributed by atoms with Gasteiger partial charge in [-0.3, -0.25) is 4.79 Å². The molecule has 2 rings (SSSR count). The van der Waals surface area contributed by atoms with Crippen LogP contribution in [0.25, 0.3) is 0 Å². The number of nitrogens with one attached hydrogen (secondary N) is 2. The average Bonchev–Trinajstić information content (AvgIpc) is 2.62. The van der Waals surface area contributed by atoms with Crippen LogP contribution in [-0.4, -0.2) is 34.6 Å². The van der Waals surface area contributed by atoms with Crippen LogP contribution in [0.15, 0.2) is 53.4 Å². The topological polar surface area (TPSA) is 84.5 Å². The van der Waals surface area contributed by atoms with Crippen molar-refractivity contribution in [3.63, 3.8) is 0 Å². The smallest absolute Gasteiger partial charge is 0.255 e. The Hall–Kier alpha value is -2.66. The Kier molecular flexibility index (Phi) is 6.31. The van der Waals surface area contributed by atoms with Crippen molar-refractivity contribution in [1.29, 1.82) is 0 Å².